The molecule has 40 heavy (non-hydrogen) atoms. The average molecular weight is 549 g/mol. The minimum Gasteiger partial charge on any atom is -0.343 e. The van der Waals surface area contributed by atoms with Crippen LogP contribution in [-0.4, -0.2) is 56.8 Å². The number of rotatable bonds is 11. The first-order chi connectivity index (χ1) is 19.1. The second kappa shape index (κ2) is 12.9. The minimum atomic E-state index is -1.16. The number of likely N-dealkylation sites (tertiary alicyclic amines) is 1. The van der Waals surface area contributed by atoms with Crippen LogP contribution in [0.5, 0.6) is 0 Å². The Morgan fingerprint density at radius 2 is 1.80 bits per heavy atom. The predicted molar refractivity (Wildman–Crippen MR) is 151 cm³/mol. The molecule has 1 fully saturated rings. The van der Waals surface area contributed by atoms with Crippen molar-refractivity contribution >= 4 is 23.5 Å². The van der Waals surface area contributed by atoms with Crippen LogP contribution in [0.1, 0.15) is 56.7 Å². The van der Waals surface area contributed by atoms with Gasteiger partial charge < -0.3 is 25.8 Å². The van der Waals surface area contributed by atoms with E-state index in [-0.39, 0.29) is 11.7 Å². The van der Waals surface area contributed by atoms with E-state index < -0.39 is 35.3 Å². The maximum atomic E-state index is 14.1. The molecule has 212 valence electrons. The van der Waals surface area contributed by atoms with E-state index in [1.807, 2.05) is 30.3 Å². The van der Waals surface area contributed by atoms with Gasteiger partial charge in [-0.25, -0.2) is 9.37 Å². The molecule has 3 amide bonds. The van der Waals surface area contributed by atoms with Crippen LogP contribution in [-0.2, 0) is 20.8 Å². The van der Waals surface area contributed by atoms with E-state index in [0.29, 0.717) is 31.5 Å². The third kappa shape index (κ3) is 7.53. The Bertz CT molecular complexity index is 1310. The lowest BCUT2D eigenvalue weighted by Crippen LogP contribution is -2.54. The number of nitrogens with one attached hydrogen (secondary N) is 2. The number of aryl methyl sites for hydroxylation is 1. The number of aromatic nitrogens is 2. The molecule has 0 saturated carbocycles. The summed E-state index contributed by atoms with van der Waals surface area (Å²) < 4.78 is 15.7. The molecule has 1 aliphatic heterocycles. The van der Waals surface area contributed by atoms with Crippen LogP contribution < -0.4 is 16.4 Å². The lowest BCUT2D eigenvalue weighted by Gasteiger charge is -2.24. The third-order valence-corrected chi connectivity index (χ3v) is 6.98. The zero-order chi connectivity index (χ0) is 28.7. The van der Waals surface area contributed by atoms with Crippen molar-refractivity contribution in [1.29, 1.82) is 0 Å². The number of halogens is 1. The fourth-order valence-corrected chi connectivity index (χ4v) is 4.75. The smallest absolute Gasteiger partial charge is 0.250 e. The van der Waals surface area contributed by atoms with Crippen molar-refractivity contribution in [3.05, 3.63) is 84.1 Å². The molecule has 10 heteroatoms. The summed E-state index contributed by atoms with van der Waals surface area (Å²) in [4.78, 5) is 45.5. The van der Waals surface area contributed by atoms with Gasteiger partial charge in [0.1, 0.15) is 17.9 Å². The summed E-state index contributed by atoms with van der Waals surface area (Å²) in [6.45, 7) is 4.44. The quantitative estimate of drug-likeness (QED) is 0.339. The van der Waals surface area contributed by atoms with E-state index >= 15 is 0 Å². The van der Waals surface area contributed by atoms with Crippen molar-refractivity contribution in [1.82, 2.24) is 19.8 Å². The summed E-state index contributed by atoms with van der Waals surface area (Å²) in [6, 6.07) is 14.2. The zero-order valence-corrected chi connectivity index (χ0v) is 23.0. The van der Waals surface area contributed by atoms with E-state index in [1.165, 1.54) is 18.5 Å². The molecular formula is C30H37FN6O3. The highest BCUT2D eigenvalue weighted by atomic mass is 19.1. The standard InChI is InChI=1S/C30H37FN6O3/c1-30(2,32)29(40)34-24(15-8-12-21-10-4-3-5-11-21)27(38)35-25-19-37(20-33-25)26(22-13-9-14-23(31)18-22)28(39)36-16-6-7-17-36/h3-5,9-11,13-14,18-20,24,26H,6-8,12,15-17,32H2,1-2H3,(H,34,40)(H,35,38)/t24-,26?/m1/s1. The number of carbonyl (C=O) groups excluding carboxylic acids is 3. The molecule has 4 rings (SSSR count). The van der Waals surface area contributed by atoms with E-state index in [4.69, 9.17) is 5.73 Å². The van der Waals surface area contributed by atoms with Crippen LogP contribution in [0.4, 0.5) is 10.2 Å². The van der Waals surface area contributed by atoms with Gasteiger partial charge in [0.25, 0.3) is 0 Å². The Morgan fingerprint density at radius 1 is 1.07 bits per heavy atom. The maximum absolute atomic E-state index is 14.1. The van der Waals surface area contributed by atoms with E-state index in [0.717, 1.165) is 24.8 Å². The van der Waals surface area contributed by atoms with Gasteiger partial charge in [-0.1, -0.05) is 42.5 Å². The first kappa shape index (κ1) is 28.9. The Hall–Kier alpha value is -4.05. The number of nitrogens with zero attached hydrogens (tertiary/aromatic N) is 3. The molecular weight excluding hydrogens is 511 g/mol. The fraction of sp³-hybridized carbons (Fsp3) is 0.400. The van der Waals surface area contributed by atoms with E-state index in [2.05, 4.69) is 15.6 Å². The SMILES string of the molecule is CC(C)(N)C(=O)N[C@H](CCCc1ccccc1)C(=O)Nc1cn(C(C(=O)N2CCCC2)c2cccc(F)c2)cn1. The topological polar surface area (TPSA) is 122 Å². The molecule has 0 radical (unpaired) electrons. The molecule has 9 nitrogen and oxygen atoms in total. The van der Waals surface area contributed by atoms with Crippen LogP contribution in [0.25, 0.3) is 0 Å². The van der Waals surface area contributed by atoms with Crippen LogP contribution in [0, 0.1) is 5.82 Å². The van der Waals surface area contributed by atoms with Crippen LogP contribution in [0.15, 0.2) is 67.1 Å². The van der Waals surface area contributed by atoms with Crippen molar-refractivity contribution in [3.8, 4) is 0 Å². The van der Waals surface area contributed by atoms with Crippen LogP contribution >= 0.6 is 0 Å². The number of nitrogens with two attached hydrogens (primary N) is 1. The molecule has 2 heterocycles. The monoisotopic (exact) mass is 548 g/mol. The maximum Gasteiger partial charge on any atom is 0.250 e. The lowest BCUT2D eigenvalue weighted by atomic mass is 10.0. The van der Waals surface area contributed by atoms with Gasteiger partial charge in [0.15, 0.2) is 5.82 Å². The van der Waals surface area contributed by atoms with Crippen molar-refractivity contribution in [3.63, 3.8) is 0 Å². The zero-order valence-electron chi connectivity index (χ0n) is 23.0. The summed E-state index contributed by atoms with van der Waals surface area (Å²) >= 11 is 0. The van der Waals surface area contributed by atoms with E-state index in [1.54, 1.807) is 41.6 Å². The third-order valence-electron chi connectivity index (χ3n) is 6.98. The van der Waals surface area contributed by atoms with Gasteiger partial charge in [-0.15, -0.1) is 0 Å². The molecule has 1 saturated heterocycles. The Balaban J connectivity index is 1.50. The normalized spacial score (nSPS) is 14.9. The van der Waals surface area contributed by atoms with Crippen molar-refractivity contribution in [2.24, 2.45) is 5.73 Å². The number of benzene rings is 2. The molecule has 2 aromatic carbocycles. The highest BCUT2D eigenvalue weighted by molar-refractivity contribution is 5.97. The van der Waals surface area contributed by atoms with Crippen molar-refractivity contribution < 1.29 is 18.8 Å². The van der Waals surface area contributed by atoms with Gasteiger partial charge in [0, 0.05) is 19.3 Å². The summed E-state index contributed by atoms with van der Waals surface area (Å²) in [5.41, 5.74) is 6.43. The van der Waals surface area contributed by atoms with Crippen LogP contribution in [0.2, 0.25) is 0 Å². The Kier molecular flexibility index (Phi) is 9.31. The molecule has 2 atom stereocenters. The summed E-state index contributed by atoms with van der Waals surface area (Å²) in [6.07, 6.45) is 6.64. The predicted octanol–water partition coefficient (Wildman–Crippen LogP) is 3.42. The van der Waals surface area contributed by atoms with Crippen molar-refractivity contribution in [2.45, 2.75) is 63.6 Å². The summed E-state index contributed by atoms with van der Waals surface area (Å²) in [5, 5.41) is 5.54. The minimum absolute atomic E-state index is 0.158. The largest absolute Gasteiger partial charge is 0.343 e. The van der Waals surface area contributed by atoms with Gasteiger partial charge in [-0.3, -0.25) is 14.4 Å². The fourth-order valence-electron chi connectivity index (χ4n) is 4.75. The van der Waals surface area contributed by atoms with E-state index in [9.17, 15) is 18.8 Å². The van der Waals surface area contributed by atoms with Gasteiger partial charge >= 0.3 is 0 Å². The highest BCUT2D eigenvalue weighted by Gasteiger charge is 2.31. The second-order valence-electron chi connectivity index (χ2n) is 10.8. The number of hydrogen-bond donors (Lipinski definition) is 3. The number of hydrogen-bond acceptors (Lipinski definition) is 5. The molecule has 0 bridgehead atoms. The first-order valence-electron chi connectivity index (χ1n) is 13.6. The van der Waals surface area contributed by atoms with Crippen molar-refractivity contribution in [2.75, 3.05) is 18.4 Å². The molecule has 1 aromatic heterocycles. The molecule has 0 spiro atoms. The molecule has 0 aliphatic carbocycles. The number of amides is 3. The highest BCUT2D eigenvalue weighted by Crippen LogP contribution is 2.25. The van der Waals surface area contributed by atoms with Crippen LogP contribution in [0.3, 0.4) is 0 Å². The number of anilines is 1. The molecule has 4 N–H and O–H groups in total. The average Bonchev–Trinajstić information content (AvgIpc) is 3.61. The van der Waals surface area contributed by atoms with Gasteiger partial charge in [-0.05, 0) is 69.2 Å². The van der Waals surface area contributed by atoms with Gasteiger partial charge in [0.05, 0.1) is 11.9 Å². The molecule has 1 unspecified atom stereocenters. The lowest BCUT2D eigenvalue weighted by molar-refractivity contribution is -0.132. The first-order valence-corrected chi connectivity index (χ1v) is 13.6. The molecule has 3 aromatic rings. The number of carbonyl (C=O) groups is 3. The summed E-state index contributed by atoms with van der Waals surface area (Å²) in [7, 11) is 0. The molecule has 1 aliphatic rings. The number of imidazole rings is 1. The second-order valence-corrected chi connectivity index (χ2v) is 10.8. The Labute approximate surface area is 234 Å². The Morgan fingerprint density at radius 3 is 2.48 bits per heavy atom. The van der Waals surface area contributed by atoms with Gasteiger partial charge in [-0.2, -0.15) is 0 Å². The van der Waals surface area contributed by atoms with Gasteiger partial charge in [0.2, 0.25) is 17.7 Å². The summed E-state index contributed by atoms with van der Waals surface area (Å²) in [5.74, 6) is -1.27.